The second-order valence-corrected chi connectivity index (χ2v) is 6.46. The number of furan rings is 1. The zero-order valence-corrected chi connectivity index (χ0v) is 14.8. The smallest absolute Gasteiger partial charge is 0.191 e. The van der Waals surface area contributed by atoms with Crippen LogP contribution in [0.3, 0.4) is 0 Å². The third kappa shape index (κ3) is 3.28. The van der Waals surface area contributed by atoms with Gasteiger partial charge < -0.3 is 8.98 Å². The van der Waals surface area contributed by atoms with Gasteiger partial charge in [0, 0.05) is 12.6 Å². The first-order valence-electron chi connectivity index (χ1n) is 7.79. The van der Waals surface area contributed by atoms with Crippen molar-refractivity contribution in [3.63, 3.8) is 0 Å². The molecule has 0 atom stereocenters. The highest BCUT2D eigenvalue weighted by Crippen LogP contribution is 2.26. The van der Waals surface area contributed by atoms with E-state index in [9.17, 15) is 4.79 Å². The van der Waals surface area contributed by atoms with E-state index in [4.69, 9.17) is 4.42 Å². The van der Waals surface area contributed by atoms with Crippen molar-refractivity contribution < 1.29 is 9.21 Å². The molecule has 0 aliphatic heterocycles. The minimum atomic E-state index is 0.0895. The largest absolute Gasteiger partial charge is 0.469 e. The van der Waals surface area contributed by atoms with Crippen LogP contribution < -0.4 is 0 Å². The van der Waals surface area contributed by atoms with E-state index in [0.717, 1.165) is 29.1 Å². The van der Waals surface area contributed by atoms with Crippen LogP contribution in [0.5, 0.6) is 0 Å². The maximum atomic E-state index is 12.3. The van der Waals surface area contributed by atoms with Crippen molar-refractivity contribution in [3.05, 3.63) is 53.5 Å². The summed E-state index contributed by atoms with van der Waals surface area (Å²) in [6, 6.07) is 9.64. The summed E-state index contributed by atoms with van der Waals surface area (Å²) in [4.78, 5) is 12.3. The predicted molar refractivity (Wildman–Crippen MR) is 94.3 cm³/mol. The van der Waals surface area contributed by atoms with E-state index in [0.29, 0.717) is 10.9 Å². The first-order chi connectivity index (χ1) is 11.6. The van der Waals surface area contributed by atoms with Crippen LogP contribution in [0.15, 0.2) is 46.2 Å². The van der Waals surface area contributed by atoms with Crippen LogP contribution in [-0.4, -0.2) is 26.3 Å². The molecule has 0 N–H and O–H groups in total. The molecule has 3 rings (SSSR count). The van der Waals surface area contributed by atoms with Crippen LogP contribution in [0, 0.1) is 6.92 Å². The normalized spacial score (nSPS) is 11.0. The van der Waals surface area contributed by atoms with Gasteiger partial charge >= 0.3 is 0 Å². The Morgan fingerprint density at radius 2 is 1.96 bits per heavy atom. The fourth-order valence-corrected chi connectivity index (χ4v) is 3.24. The van der Waals surface area contributed by atoms with Crippen LogP contribution >= 0.6 is 11.8 Å². The van der Waals surface area contributed by atoms with E-state index in [2.05, 4.69) is 17.1 Å². The second kappa shape index (κ2) is 7.05. The Morgan fingerprint density at radius 1 is 1.21 bits per heavy atom. The molecule has 0 aliphatic rings. The van der Waals surface area contributed by atoms with E-state index in [1.807, 2.05) is 48.9 Å². The molecule has 6 heteroatoms. The maximum Gasteiger partial charge on any atom is 0.191 e. The molecule has 0 saturated heterocycles. The second-order valence-electron chi connectivity index (χ2n) is 5.52. The first kappa shape index (κ1) is 16.5. The molecule has 2 aromatic heterocycles. The van der Waals surface area contributed by atoms with Gasteiger partial charge in [0.05, 0.1) is 17.6 Å². The lowest BCUT2D eigenvalue weighted by Gasteiger charge is -2.04. The molecule has 1 aromatic carbocycles. The van der Waals surface area contributed by atoms with Crippen molar-refractivity contribution in [1.29, 1.82) is 0 Å². The molecule has 124 valence electrons. The van der Waals surface area contributed by atoms with Crippen LogP contribution in [0.25, 0.3) is 11.4 Å². The van der Waals surface area contributed by atoms with Gasteiger partial charge in [0.1, 0.15) is 5.76 Å². The van der Waals surface area contributed by atoms with E-state index in [-0.39, 0.29) is 5.78 Å². The fourth-order valence-electron chi connectivity index (χ4n) is 2.43. The number of carbonyl (C=O) groups excluding carboxylic acids is 1. The topological polar surface area (TPSA) is 60.9 Å². The van der Waals surface area contributed by atoms with Gasteiger partial charge in [-0.2, -0.15) is 0 Å². The summed E-state index contributed by atoms with van der Waals surface area (Å²) in [6.07, 6.45) is 2.61. The zero-order chi connectivity index (χ0) is 17.1. The van der Waals surface area contributed by atoms with Crippen LogP contribution in [0.4, 0.5) is 0 Å². The number of ketones is 1. The third-order valence-electron chi connectivity index (χ3n) is 3.95. The number of benzene rings is 1. The number of Topliss-reactive ketones (excluding diaryl/α,β-unsaturated/α-hetero) is 1. The van der Waals surface area contributed by atoms with Crippen molar-refractivity contribution >= 4 is 17.5 Å². The minimum Gasteiger partial charge on any atom is -0.469 e. The Balaban J connectivity index is 1.69. The molecule has 0 fully saturated rings. The van der Waals surface area contributed by atoms with Gasteiger partial charge in [-0.1, -0.05) is 43.0 Å². The summed E-state index contributed by atoms with van der Waals surface area (Å²) >= 11 is 1.39. The molecule has 5 nitrogen and oxygen atoms in total. The highest BCUT2D eigenvalue weighted by Gasteiger charge is 2.16. The zero-order valence-electron chi connectivity index (χ0n) is 13.9. The van der Waals surface area contributed by atoms with Crippen molar-refractivity contribution in [2.45, 2.75) is 25.4 Å². The van der Waals surface area contributed by atoms with Crippen molar-refractivity contribution in [3.8, 4) is 11.4 Å². The molecule has 2 heterocycles. The molecule has 0 saturated carbocycles. The maximum absolute atomic E-state index is 12.3. The molecular weight excluding hydrogens is 322 g/mol. The average Bonchev–Trinajstić information content (AvgIpc) is 3.18. The summed E-state index contributed by atoms with van der Waals surface area (Å²) < 4.78 is 7.20. The summed E-state index contributed by atoms with van der Waals surface area (Å²) in [7, 11) is 1.89. The average molecular weight is 341 g/mol. The summed E-state index contributed by atoms with van der Waals surface area (Å²) in [6.45, 7) is 3.99. The van der Waals surface area contributed by atoms with Crippen molar-refractivity contribution in [1.82, 2.24) is 14.8 Å². The van der Waals surface area contributed by atoms with Gasteiger partial charge in [-0.15, -0.1) is 10.2 Å². The van der Waals surface area contributed by atoms with Gasteiger partial charge in [0.15, 0.2) is 16.8 Å². The van der Waals surface area contributed by atoms with E-state index in [1.54, 1.807) is 6.26 Å². The van der Waals surface area contributed by atoms with Gasteiger partial charge in [0.25, 0.3) is 0 Å². The lowest BCUT2D eigenvalue weighted by Crippen LogP contribution is -2.04. The predicted octanol–water partition coefficient (Wildman–Crippen LogP) is 3.92. The van der Waals surface area contributed by atoms with Crippen molar-refractivity contribution in [2.24, 2.45) is 7.05 Å². The number of rotatable bonds is 6. The highest BCUT2D eigenvalue weighted by atomic mass is 32.2. The molecular formula is C18H19N3O2S. The Hall–Kier alpha value is -2.34. The van der Waals surface area contributed by atoms with E-state index < -0.39 is 0 Å². The highest BCUT2D eigenvalue weighted by molar-refractivity contribution is 7.99. The van der Waals surface area contributed by atoms with Crippen LogP contribution in [0.1, 0.15) is 28.6 Å². The first-order valence-corrected chi connectivity index (χ1v) is 8.77. The monoisotopic (exact) mass is 341 g/mol. The molecule has 0 spiro atoms. The lowest BCUT2D eigenvalue weighted by molar-refractivity contribution is 0.102. The SMILES string of the molecule is CCc1ccc(C(=O)CSc2nnc(-c3ccoc3C)n2C)cc1. The fraction of sp³-hybridized carbons (Fsp3) is 0.278. The molecule has 0 unspecified atom stereocenters. The molecule has 3 aromatic rings. The number of hydrogen-bond donors (Lipinski definition) is 0. The summed E-state index contributed by atoms with van der Waals surface area (Å²) in [5.41, 5.74) is 2.87. The number of aryl methyl sites for hydroxylation is 2. The minimum absolute atomic E-state index is 0.0895. The number of nitrogens with zero attached hydrogens (tertiary/aromatic N) is 3. The Labute approximate surface area is 145 Å². The van der Waals surface area contributed by atoms with Gasteiger partial charge in [-0.3, -0.25) is 4.79 Å². The van der Waals surface area contributed by atoms with Gasteiger partial charge in [0.2, 0.25) is 0 Å². The number of carbonyl (C=O) groups is 1. The molecule has 0 radical (unpaired) electrons. The Bertz CT molecular complexity index is 850. The molecule has 0 bridgehead atoms. The van der Waals surface area contributed by atoms with Crippen molar-refractivity contribution in [2.75, 3.05) is 5.75 Å². The van der Waals surface area contributed by atoms with Gasteiger partial charge in [-0.05, 0) is 25.0 Å². The van der Waals surface area contributed by atoms with Crippen LogP contribution in [0.2, 0.25) is 0 Å². The number of aromatic nitrogens is 3. The summed E-state index contributed by atoms with van der Waals surface area (Å²) in [5, 5.41) is 9.11. The lowest BCUT2D eigenvalue weighted by atomic mass is 10.1. The molecule has 0 amide bonds. The standard InChI is InChI=1S/C18H19N3O2S/c1-4-13-5-7-14(8-6-13)16(22)11-24-18-20-19-17(21(18)3)15-9-10-23-12(15)2/h5-10H,4,11H2,1-3H3. The number of hydrogen-bond acceptors (Lipinski definition) is 5. The summed E-state index contributed by atoms with van der Waals surface area (Å²) in [5.74, 6) is 1.96. The third-order valence-corrected chi connectivity index (χ3v) is 4.97. The Kier molecular flexibility index (Phi) is 4.85. The van der Waals surface area contributed by atoms with E-state index in [1.165, 1.54) is 17.3 Å². The molecule has 24 heavy (non-hydrogen) atoms. The molecule has 0 aliphatic carbocycles. The Morgan fingerprint density at radius 3 is 2.58 bits per heavy atom. The quantitative estimate of drug-likeness (QED) is 0.502. The van der Waals surface area contributed by atoms with Gasteiger partial charge in [-0.25, -0.2) is 0 Å². The van der Waals surface area contributed by atoms with Crippen LogP contribution in [-0.2, 0) is 13.5 Å². The van der Waals surface area contributed by atoms with E-state index >= 15 is 0 Å². The number of thioether (sulfide) groups is 1.